The summed E-state index contributed by atoms with van der Waals surface area (Å²) in [4.78, 5) is 26.0. The van der Waals surface area contributed by atoms with Gasteiger partial charge in [-0.05, 0) is 37.3 Å². The standard InChI is InChI=1S/C20H22N6O4/c1-4-24(2)19-12-16(13-6-5-7-15(10-13)30-3)23-25(20(19)27)18-11-14(22-21)8-9-17(18)26(28)29/h5-12,22H,4,21H2,1-3H3. The number of aromatic nitrogens is 2. The average molecular weight is 410 g/mol. The number of nitrogens with zero attached hydrogens (tertiary/aromatic N) is 4. The lowest BCUT2D eigenvalue weighted by molar-refractivity contribution is -0.384. The molecule has 30 heavy (non-hydrogen) atoms. The minimum Gasteiger partial charge on any atom is -0.497 e. The molecule has 0 aliphatic heterocycles. The van der Waals surface area contributed by atoms with E-state index in [1.165, 1.54) is 18.2 Å². The number of nitro groups is 1. The van der Waals surface area contributed by atoms with Crippen LogP contribution in [0.5, 0.6) is 5.75 Å². The molecule has 0 bridgehead atoms. The third-order valence-electron chi connectivity index (χ3n) is 4.71. The van der Waals surface area contributed by atoms with E-state index in [9.17, 15) is 14.9 Å². The number of nitrogens with one attached hydrogen (secondary N) is 1. The number of hydrazine groups is 1. The van der Waals surface area contributed by atoms with Gasteiger partial charge in [-0.3, -0.25) is 20.8 Å². The summed E-state index contributed by atoms with van der Waals surface area (Å²) >= 11 is 0. The first-order valence-corrected chi connectivity index (χ1v) is 9.15. The number of rotatable bonds is 7. The summed E-state index contributed by atoms with van der Waals surface area (Å²) in [5, 5.41) is 16.0. The molecule has 0 amide bonds. The fourth-order valence-electron chi connectivity index (χ4n) is 2.95. The molecule has 0 radical (unpaired) electrons. The maximum atomic E-state index is 13.2. The number of nitrogens with two attached hydrogens (primary N) is 1. The van der Waals surface area contributed by atoms with Crippen molar-refractivity contribution in [1.29, 1.82) is 0 Å². The van der Waals surface area contributed by atoms with Gasteiger partial charge in [-0.2, -0.15) is 9.78 Å². The number of anilines is 2. The van der Waals surface area contributed by atoms with E-state index < -0.39 is 10.5 Å². The molecule has 3 rings (SSSR count). The monoisotopic (exact) mass is 410 g/mol. The average Bonchev–Trinajstić information content (AvgIpc) is 2.78. The molecule has 0 saturated heterocycles. The molecule has 3 aromatic rings. The Morgan fingerprint density at radius 1 is 1.27 bits per heavy atom. The maximum absolute atomic E-state index is 13.2. The van der Waals surface area contributed by atoms with Gasteiger partial charge in [0.1, 0.15) is 17.1 Å². The Morgan fingerprint density at radius 3 is 2.67 bits per heavy atom. The van der Waals surface area contributed by atoms with Crippen molar-refractivity contribution < 1.29 is 9.66 Å². The van der Waals surface area contributed by atoms with Crippen molar-refractivity contribution in [2.24, 2.45) is 5.84 Å². The lowest BCUT2D eigenvalue weighted by Gasteiger charge is -2.19. The van der Waals surface area contributed by atoms with Gasteiger partial charge in [0.05, 0.1) is 23.4 Å². The molecule has 1 aromatic heterocycles. The van der Waals surface area contributed by atoms with Gasteiger partial charge < -0.3 is 15.1 Å². The van der Waals surface area contributed by atoms with Gasteiger partial charge in [-0.25, -0.2) is 0 Å². The summed E-state index contributed by atoms with van der Waals surface area (Å²) in [6, 6.07) is 13.0. The van der Waals surface area contributed by atoms with Gasteiger partial charge in [-0.1, -0.05) is 12.1 Å². The normalized spacial score (nSPS) is 10.5. The van der Waals surface area contributed by atoms with Gasteiger partial charge in [-0.15, -0.1) is 0 Å². The predicted molar refractivity (Wildman–Crippen MR) is 115 cm³/mol. The van der Waals surface area contributed by atoms with Crippen LogP contribution < -0.4 is 26.5 Å². The number of nitrogen functional groups attached to an aromatic ring is 1. The minimum atomic E-state index is -0.564. The Morgan fingerprint density at radius 2 is 2.03 bits per heavy atom. The number of benzene rings is 2. The van der Waals surface area contributed by atoms with E-state index in [0.29, 0.717) is 34.9 Å². The molecule has 2 aromatic carbocycles. The van der Waals surface area contributed by atoms with E-state index >= 15 is 0 Å². The molecule has 10 heteroatoms. The van der Waals surface area contributed by atoms with Gasteiger partial charge in [0.15, 0.2) is 0 Å². The van der Waals surface area contributed by atoms with Crippen LogP contribution in [0.25, 0.3) is 16.9 Å². The topological polar surface area (TPSA) is 129 Å². The number of hydrogen-bond acceptors (Lipinski definition) is 8. The van der Waals surface area contributed by atoms with Gasteiger partial charge in [0, 0.05) is 25.2 Å². The second-order valence-corrected chi connectivity index (χ2v) is 6.48. The number of nitro benzene ring substituents is 1. The molecule has 0 spiro atoms. The van der Waals surface area contributed by atoms with Crippen molar-refractivity contribution in [2.45, 2.75) is 6.92 Å². The molecular formula is C20H22N6O4. The van der Waals surface area contributed by atoms with Crippen molar-refractivity contribution >= 4 is 17.1 Å². The quantitative estimate of drug-likeness (QED) is 0.345. The van der Waals surface area contributed by atoms with Crippen LogP contribution in [-0.2, 0) is 0 Å². The fourth-order valence-corrected chi connectivity index (χ4v) is 2.95. The lowest BCUT2D eigenvalue weighted by atomic mass is 10.1. The SMILES string of the molecule is CCN(C)c1cc(-c2cccc(OC)c2)nn(-c2cc(NN)ccc2[N+](=O)[O-])c1=O. The zero-order valence-corrected chi connectivity index (χ0v) is 16.8. The third-order valence-corrected chi connectivity index (χ3v) is 4.71. The molecule has 0 unspecified atom stereocenters. The van der Waals surface area contributed by atoms with Crippen LogP contribution in [0, 0.1) is 10.1 Å². The minimum absolute atomic E-state index is 0.0101. The third kappa shape index (κ3) is 3.94. The summed E-state index contributed by atoms with van der Waals surface area (Å²) < 4.78 is 6.31. The largest absolute Gasteiger partial charge is 0.497 e. The Kier molecular flexibility index (Phi) is 5.98. The van der Waals surface area contributed by atoms with E-state index in [1.807, 2.05) is 13.0 Å². The Balaban J connectivity index is 2.35. The highest BCUT2D eigenvalue weighted by Crippen LogP contribution is 2.28. The van der Waals surface area contributed by atoms with Crippen LogP contribution in [0.3, 0.4) is 0 Å². The summed E-state index contributed by atoms with van der Waals surface area (Å²) in [5.74, 6) is 6.09. The van der Waals surface area contributed by atoms with E-state index in [2.05, 4.69) is 10.5 Å². The molecule has 10 nitrogen and oxygen atoms in total. The lowest BCUT2D eigenvalue weighted by Crippen LogP contribution is -2.30. The highest BCUT2D eigenvalue weighted by molar-refractivity contribution is 5.67. The first-order chi connectivity index (χ1) is 14.4. The molecule has 0 atom stereocenters. The molecule has 0 saturated carbocycles. The van der Waals surface area contributed by atoms with E-state index in [-0.39, 0.29) is 11.4 Å². The molecular weight excluding hydrogens is 388 g/mol. The first kappa shape index (κ1) is 20.8. The summed E-state index contributed by atoms with van der Waals surface area (Å²) in [6.45, 7) is 2.46. The van der Waals surface area contributed by atoms with Crippen LogP contribution in [0.2, 0.25) is 0 Å². The van der Waals surface area contributed by atoms with Crippen molar-refractivity contribution in [3.05, 3.63) is 69.0 Å². The van der Waals surface area contributed by atoms with E-state index in [1.54, 1.807) is 43.3 Å². The molecule has 0 aliphatic carbocycles. The van der Waals surface area contributed by atoms with E-state index in [4.69, 9.17) is 10.6 Å². The summed E-state index contributed by atoms with van der Waals surface area (Å²) in [7, 11) is 3.32. The van der Waals surface area contributed by atoms with Crippen molar-refractivity contribution in [3.63, 3.8) is 0 Å². The molecule has 1 heterocycles. The van der Waals surface area contributed by atoms with Crippen molar-refractivity contribution in [2.75, 3.05) is 31.0 Å². The van der Waals surface area contributed by atoms with E-state index in [0.717, 1.165) is 4.68 Å². The van der Waals surface area contributed by atoms with Crippen molar-refractivity contribution in [1.82, 2.24) is 9.78 Å². The molecule has 0 aliphatic rings. The number of ether oxygens (including phenoxy) is 1. The van der Waals surface area contributed by atoms with Crippen LogP contribution in [0.15, 0.2) is 53.3 Å². The molecule has 0 fully saturated rings. The number of methoxy groups -OCH3 is 1. The Labute approximate surface area is 172 Å². The molecule has 156 valence electrons. The Hall–Kier alpha value is -3.92. The fraction of sp³-hybridized carbons (Fsp3) is 0.200. The second-order valence-electron chi connectivity index (χ2n) is 6.48. The van der Waals surface area contributed by atoms with Gasteiger partial charge in [0.25, 0.3) is 11.2 Å². The van der Waals surface area contributed by atoms with Crippen LogP contribution in [-0.4, -0.2) is 35.4 Å². The van der Waals surface area contributed by atoms with Gasteiger partial charge >= 0.3 is 0 Å². The smallest absolute Gasteiger partial charge is 0.295 e. The van der Waals surface area contributed by atoms with Crippen LogP contribution in [0.4, 0.5) is 17.1 Å². The van der Waals surface area contributed by atoms with Crippen LogP contribution >= 0.6 is 0 Å². The maximum Gasteiger partial charge on any atom is 0.295 e. The first-order valence-electron chi connectivity index (χ1n) is 9.15. The summed E-state index contributed by atoms with van der Waals surface area (Å²) in [6.07, 6.45) is 0. The highest BCUT2D eigenvalue weighted by atomic mass is 16.6. The Bertz CT molecular complexity index is 1140. The van der Waals surface area contributed by atoms with Crippen LogP contribution in [0.1, 0.15) is 6.92 Å². The van der Waals surface area contributed by atoms with Crippen molar-refractivity contribution in [3.8, 4) is 22.7 Å². The predicted octanol–water partition coefficient (Wildman–Crippen LogP) is 2.56. The highest BCUT2D eigenvalue weighted by Gasteiger charge is 2.21. The summed E-state index contributed by atoms with van der Waals surface area (Å²) in [5.41, 5.74) is 3.62. The number of hydrogen-bond donors (Lipinski definition) is 2. The molecule has 3 N–H and O–H groups in total. The van der Waals surface area contributed by atoms with Gasteiger partial charge in [0.2, 0.25) is 0 Å². The zero-order valence-electron chi connectivity index (χ0n) is 16.8. The zero-order chi connectivity index (χ0) is 21.8. The second kappa shape index (κ2) is 8.62.